The molecule has 0 saturated carbocycles. The summed E-state index contributed by atoms with van der Waals surface area (Å²) in [7, 11) is 0. The summed E-state index contributed by atoms with van der Waals surface area (Å²) in [5.74, 6) is 0. The van der Waals surface area contributed by atoms with Crippen LogP contribution in [0, 0.1) is 0 Å². The monoisotopic (exact) mass is 251 g/mol. The molecule has 2 rings (SSSR count). The summed E-state index contributed by atoms with van der Waals surface area (Å²) >= 11 is 1.82. The lowest BCUT2D eigenvalue weighted by molar-refractivity contribution is 0.0938. The third-order valence-corrected chi connectivity index (χ3v) is 3.55. The first-order chi connectivity index (χ1) is 8.40. The minimum atomic E-state index is 0.0936. The van der Waals surface area contributed by atoms with E-state index in [1.54, 1.807) is 0 Å². The number of aliphatic hydroxyl groups is 1. The summed E-state index contributed by atoms with van der Waals surface area (Å²) in [6.45, 7) is 2.85. The van der Waals surface area contributed by atoms with E-state index >= 15 is 0 Å². The minimum absolute atomic E-state index is 0.0936. The number of rotatable bonds is 7. The van der Waals surface area contributed by atoms with Gasteiger partial charge in [0.05, 0.1) is 19.8 Å². The van der Waals surface area contributed by atoms with Gasteiger partial charge in [0.15, 0.2) is 0 Å². The van der Waals surface area contributed by atoms with Gasteiger partial charge in [0.25, 0.3) is 0 Å². The molecule has 92 valence electrons. The van der Waals surface area contributed by atoms with Gasteiger partial charge in [-0.1, -0.05) is 18.2 Å². The number of benzene rings is 1. The number of thiophene rings is 1. The van der Waals surface area contributed by atoms with E-state index in [-0.39, 0.29) is 6.61 Å². The van der Waals surface area contributed by atoms with Gasteiger partial charge in [-0.05, 0) is 17.5 Å². The Bertz CT molecular complexity index is 422. The summed E-state index contributed by atoms with van der Waals surface area (Å²) in [5.41, 5.74) is 0. The van der Waals surface area contributed by atoms with Crippen LogP contribution in [-0.2, 0) is 11.3 Å². The van der Waals surface area contributed by atoms with Gasteiger partial charge in [-0.2, -0.15) is 0 Å². The molecule has 1 aromatic carbocycles. The minimum Gasteiger partial charge on any atom is -0.394 e. The van der Waals surface area contributed by atoms with Gasteiger partial charge in [-0.3, -0.25) is 0 Å². The first-order valence-corrected chi connectivity index (χ1v) is 6.58. The number of fused-ring (bicyclic) bond motifs is 1. The molecule has 0 aliphatic carbocycles. The van der Waals surface area contributed by atoms with Crippen LogP contribution < -0.4 is 5.32 Å². The summed E-state index contributed by atoms with van der Waals surface area (Å²) in [5, 5.41) is 13.2. The molecule has 0 amide bonds. The van der Waals surface area contributed by atoms with Crippen molar-refractivity contribution >= 4 is 21.4 Å². The first-order valence-electron chi connectivity index (χ1n) is 5.77. The second-order valence-corrected chi connectivity index (χ2v) is 4.93. The van der Waals surface area contributed by atoms with Crippen molar-refractivity contribution in [3.8, 4) is 0 Å². The number of hydrogen-bond donors (Lipinski definition) is 2. The molecule has 2 aromatic rings. The highest BCUT2D eigenvalue weighted by Gasteiger charge is 2.00. The highest BCUT2D eigenvalue weighted by Crippen LogP contribution is 2.24. The highest BCUT2D eigenvalue weighted by molar-refractivity contribution is 7.19. The molecule has 0 saturated heterocycles. The normalized spacial score (nSPS) is 11.1. The lowest BCUT2D eigenvalue weighted by atomic mass is 10.2. The van der Waals surface area contributed by atoms with Crippen LogP contribution in [0.5, 0.6) is 0 Å². The number of nitrogens with one attached hydrogen (secondary N) is 1. The van der Waals surface area contributed by atoms with Crippen molar-refractivity contribution in [2.45, 2.75) is 6.54 Å². The summed E-state index contributed by atoms with van der Waals surface area (Å²) in [6, 6.07) is 10.6. The van der Waals surface area contributed by atoms with Crippen LogP contribution >= 0.6 is 11.3 Å². The zero-order valence-electron chi connectivity index (χ0n) is 9.69. The molecule has 0 aliphatic rings. The third-order valence-electron chi connectivity index (χ3n) is 2.43. The van der Waals surface area contributed by atoms with Gasteiger partial charge in [-0.15, -0.1) is 11.3 Å². The maximum absolute atomic E-state index is 8.54. The van der Waals surface area contributed by atoms with E-state index in [4.69, 9.17) is 9.84 Å². The topological polar surface area (TPSA) is 41.5 Å². The van der Waals surface area contributed by atoms with E-state index in [2.05, 4.69) is 35.6 Å². The summed E-state index contributed by atoms with van der Waals surface area (Å²) in [4.78, 5) is 1.34. The predicted molar refractivity (Wildman–Crippen MR) is 71.4 cm³/mol. The molecule has 1 aromatic heterocycles. The molecule has 2 N–H and O–H groups in total. The van der Waals surface area contributed by atoms with E-state index in [0.29, 0.717) is 13.2 Å². The highest BCUT2D eigenvalue weighted by atomic mass is 32.1. The van der Waals surface area contributed by atoms with Crippen molar-refractivity contribution in [1.82, 2.24) is 5.32 Å². The van der Waals surface area contributed by atoms with E-state index in [9.17, 15) is 0 Å². The van der Waals surface area contributed by atoms with Crippen LogP contribution in [0.4, 0.5) is 0 Å². The van der Waals surface area contributed by atoms with Crippen LogP contribution in [0.1, 0.15) is 4.88 Å². The number of ether oxygens (including phenoxy) is 1. The molecule has 0 unspecified atom stereocenters. The van der Waals surface area contributed by atoms with Crippen LogP contribution in [0.2, 0.25) is 0 Å². The standard InChI is InChI=1S/C13H17NO2S/c15-6-8-16-7-5-14-10-12-9-11-3-1-2-4-13(11)17-12/h1-4,9,14-15H,5-8,10H2. The van der Waals surface area contributed by atoms with Crippen LogP contribution in [0.3, 0.4) is 0 Å². The average Bonchev–Trinajstić information content (AvgIpc) is 2.76. The molecule has 1 heterocycles. The summed E-state index contributed by atoms with van der Waals surface area (Å²) < 4.78 is 6.50. The van der Waals surface area contributed by atoms with Gasteiger partial charge in [0, 0.05) is 22.7 Å². The molecular formula is C13H17NO2S. The van der Waals surface area contributed by atoms with Crippen LogP contribution in [0.25, 0.3) is 10.1 Å². The van der Waals surface area contributed by atoms with Crippen molar-refractivity contribution in [2.75, 3.05) is 26.4 Å². The molecule has 0 spiro atoms. The average molecular weight is 251 g/mol. The second kappa shape index (κ2) is 6.71. The van der Waals surface area contributed by atoms with E-state index in [1.165, 1.54) is 15.0 Å². The molecule has 17 heavy (non-hydrogen) atoms. The van der Waals surface area contributed by atoms with Crippen molar-refractivity contribution in [2.24, 2.45) is 0 Å². The van der Waals surface area contributed by atoms with Crippen molar-refractivity contribution in [3.05, 3.63) is 35.2 Å². The third kappa shape index (κ3) is 3.78. The van der Waals surface area contributed by atoms with Crippen molar-refractivity contribution < 1.29 is 9.84 Å². The predicted octanol–water partition coefficient (Wildman–Crippen LogP) is 2.00. The lowest BCUT2D eigenvalue weighted by Gasteiger charge is -2.03. The quantitative estimate of drug-likeness (QED) is 0.740. The Morgan fingerprint density at radius 1 is 1.24 bits per heavy atom. The fourth-order valence-corrected chi connectivity index (χ4v) is 2.68. The molecule has 3 nitrogen and oxygen atoms in total. The van der Waals surface area contributed by atoms with Crippen LogP contribution in [0.15, 0.2) is 30.3 Å². The zero-order chi connectivity index (χ0) is 11.9. The lowest BCUT2D eigenvalue weighted by Crippen LogP contribution is -2.19. The Morgan fingerprint density at radius 3 is 2.94 bits per heavy atom. The van der Waals surface area contributed by atoms with Gasteiger partial charge in [0.2, 0.25) is 0 Å². The van der Waals surface area contributed by atoms with Crippen LogP contribution in [-0.4, -0.2) is 31.5 Å². The zero-order valence-corrected chi connectivity index (χ0v) is 10.5. The largest absolute Gasteiger partial charge is 0.394 e. The van der Waals surface area contributed by atoms with E-state index < -0.39 is 0 Å². The van der Waals surface area contributed by atoms with Crippen molar-refractivity contribution in [3.63, 3.8) is 0 Å². The number of aliphatic hydroxyl groups excluding tert-OH is 1. The maximum atomic E-state index is 8.54. The maximum Gasteiger partial charge on any atom is 0.0698 e. The fourth-order valence-electron chi connectivity index (χ4n) is 1.65. The molecule has 0 radical (unpaired) electrons. The molecule has 0 bridgehead atoms. The summed E-state index contributed by atoms with van der Waals surface area (Å²) in [6.07, 6.45) is 0. The van der Waals surface area contributed by atoms with Crippen molar-refractivity contribution in [1.29, 1.82) is 0 Å². The smallest absolute Gasteiger partial charge is 0.0698 e. The first kappa shape index (κ1) is 12.5. The molecule has 0 fully saturated rings. The Kier molecular flexibility index (Phi) is 4.94. The number of hydrogen-bond acceptors (Lipinski definition) is 4. The Balaban J connectivity index is 1.75. The molecular weight excluding hydrogens is 234 g/mol. The van der Waals surface area contributed by atoms with Gasteiger partial charge < -0.3 is 15.2 Å². The molecule has 0 atom stereocenters. The van der Waals surface area contributed by atoms with Gasteiger partial charge in [0.1, 0.15) is 0 Å². The molecule has 0 aliphatic heterocycles. The Hall–Kier alpha value is -0.940. The second-order valence-electron chi connectivity index (χ2n) is 3.76. The Labute approximate surface area is 105 Å². The van der Waals surface area contributed by atoms with Gasteiger partial charge in [-0.25, -0.2) is 0 Å². The Morgan fingerprint density at radius 2 is 2.12 bits per heavy atom. The fraction of sp³-hybridized carbons (Fsp3) is 0.385. The SMILES string of the molecule is OCCOCCNCc1cc2ccccc2s1. The van der Waals surface area contributed by atoms with E-state index in [1.807, 2.05) is 11.3 Å². The van der Waals surface area contributed by atoms with E-state index in [0.717, 1.165) is 13.1 Å². The van der Waals surface area contributed by atoms with Gasteiger partial charge >= 0.3 is 0 Å². The molecule has 4 heteroatoms.